The van der Waals surface area contributed by atoms with Gasteiger partial charge in [-0.1, -0.05) is 18.2 Å². The molecule has 0 aliphatic carbocycles. The van der Waals surface area contributed by atoms with Crippen LogP contribution < -0.4 is 4.74 Å². The van der Waals surface area contributed by atoms with Gasteiger partial charge in [-0.2, -0.15) is 5.06 Å². The molecule has 0 atom stereocenters. The first-order valence-corrected chi connectivity index (χ1v) is 5.02. The van der Waals surface area contributed by atoms with E-state index in [1.54, 1.807) is 37.3 Å². The summed E-state index contributed by atoms with van der Waals surface area (Å²) < 4.78 is 4.93. The van der Waals surface area contributed by atoms with Crippen LogP contribution in [0.4, 0.5) is 4.79 Å². The monoisotopic (exact) mass is 239 g/mol. The van der Waals surface area contributed by atoms with Crippen molar-refractivity contribution in [3.8, 4) is 5.75 Å². The second-order valence-corrected chi connectivity index (χ2v) is 3.03. The number of carboxylic acid groups (broad SMARTS) is 1. The summed E-state index contributed by atoms with van der Waals surface area (Å²) in [5, 5.41) is 9.26. The summed E-state index contributed by atoms with van der Waals surface area (Å²) in [6.45, 7) is 1.25. The first-order chi connectivity index (χ1) is 8.13. The van der Waals surface area contributed by atoms with Gasteiger partial charge in [-0.25, -0.2) is 4.79 Å². The SMILES string of the molecule is CCON(CC(=O)O)C(=O)Oc1ccccc1. The Morgan fingerprint density at radius 2 is 1.94 bits per heavy atom. The number of benzene rings is 1. The van der Waals surface area contributed by atoms with Crippen LogP contribution in [0.3, 0.4) is 0 Å². The van der Waals surface area contributed by atoms with Gasteiger partial charge in [0.25, 0.3) is 0 Å². The highest BCUT2D eigenvalue weighted by atomic mass is 16.7. The van der Waals surface area contributed by atoms with Crippen molar-refractivity contribution >= 4 is 12.1 Å². The van der Waals surface area contributed by atoms with Gasteiger partial charge in [-0.05, 0) is 19.1 Å². The van der Waals surface area contributed by atoms with Crippen LogP contribution in [0.5, 0.6) is 5.75 Å². The molecule has 17 heavy (non-hydrogen) atoms. The van der Waals surface area contributed by atoms with Crippen LogP contribution in [0.25, 0.3) is 0 Å². The Kier molecular flexibility index (Phi) is 4.96. The molecule has 1 N–H and O–H groups in total. The highest BCUT2D eigenvalue weighted by Crippen LogP contribution is 2.10. The van der Waals surface area contributed by atoms with Crippen LogP contribution in [0.15, 0.2) is 30.3 Å². The largest absolute Gasteiger partial charge is 0.480 e. The summed E-state index contributed by atoms with van der Waals surface area (Å²) in [6, 6.07) is 8.34. The van der Waals surface area contributed by atoms with Crippen molar-refractivity contribution in [1.29, 1.82) is 0 Å². The van der Waals surface area contributed by atoms with E-state index in [-0.39, 0.29) is 6.61 Å². The molecule has 1 amide bonds. The Balaban J connectivity index is 2.62. The number of amides is 1. The predicted molar refractivity (Wildman–Crippen MR) is 58.4 cm³/mol. The highest BCUT2D eigenvalue weighted by molar-refractivity contribution is 5.77. The van der Waals surface area contributed by atoms with Crippen molar-refractivity contribution in [2.75, 3.05) is 13.2 Å². The molecule has 0 aliphatic rings. The Labute approximate surface area is 98.3 Å². The van der Waals surface area contributed by atoms with E-state index in [0.717, 1.165) is 0 Å². The molecule has 0 saturated heterocycles. The number of hydrogen-bond donors (Lipinski definition) is 1. The summed E-state index contributed by atoms with van der Waals surface area (Å²) in [5.41, 5.74) is 0. The molecule has 0 unspecified atom stereocenters. The molecule has 6 heteroatoms. The van der Waals surface area contributed by atoms with E-state index < -0.39 is 18.6 Å². The Morgan fingerprint density at radius 3 is 2.47 bits per heavy atom. The zero-order chi connectivity index (χ0) is 12.7. The van der Waals surface area contributed by atoms with Crippen molar-refractivity contribution in [1.82, 2.24) is 5.06 Å². The fourth-order valence-electron chi connectivity index (χ4n) is 1.08. The van der Waals surface area contributed by atoms with Gasteiger partial charge in [0, 0.05) is 0 Å². The van der Waals surface area contributed by atoms with Gasteiger partial charge in [0.05, 0.1) is 6.61 Å². The minimum Gasteiger partial charge on any atom is -0.480 e. The van der Waals surface area contributed by atoms with Crippen LogP contribution in [0.2, 0.25) is 0 Å². The molecular formula is C11H13NO5. The maximum absolute atomic E-state index is 11.6. The van der Waals surface area contributed by atoms with Crippen molar-refractivity contribution in [2.45, 2.75) is 6.92 Å². The lowest BCUT2D eigenvalue weighted by Crippen LogP contribution is -2.37. The molecule has 0 spiro atoms. The first-order valence-electron chi connectivity index (χ1n) is 5.02. The van der Waals surface area contributed by atoms with E-state index in [1.807, 2.05) is 0 Å². The molecule has 1 aromatic carbocycles. The molecule has 0 radical (unpaired) electrons. The van der Waals surface area contributed by atoms with E-state index in [4.69, 9.17) is 14.7 Å². The van der Waals surface area contributed by atoms with Gasteiger partial charge < -0.3 is 9.84 Å². The maximum Gasteiger partial charge on any atom is 0.439 e. The van der Waals surface area contributed by atoms with Crippen LogP contribution in [0.1, 0.15) is 6.92 Å². The summed E-state index contributed by atoms with van der Waals surface area (Å²) >= 11 is 0. The smallest absolute Gasteiger partial charge is 0.439 e. The Hall–Kier alpha value is -2.08. The number of rotatable bonds is 5. The van der Waals surface area contributed by atoms with Crippen molar-refractivity contribution in [3.05, 3.63) is 30.3 Å². The number of hydrogen-bond acceptors (Lipinski definition) is 4. The summed E-state index contributed by atoms with van der Waals surface area (Å²) in [7, 11) is 0. The molecule has 0 aliphatic heterocycles. The summed E-state index contributed by atoms with van der Waals surface area (Å²) in [6.07, 6.45) is -0.861. The van der Waals surface area contributed by atoms with Gasteiger partial charge in [-0.3, -0.25) is 9.63 Å². The quantitative estimate of drug-likeness (QED) is 0.788. The second-order valence-electron chi connectivity index (χ2n) is 3.03. The van der Waals surface area contributed by atoms with Crippen LogP contribution in [0, 0.1) is 0 Å². The third-order valence-corrected chi connectivity index (χ3v) is 1.72. The molecule has 0 fully saturated rings. The molecule has 0 heterocycles. The van der Waals surface area contributed by atoms with Gasteiger partial charge in [0.15, 0.2) is 0 Å². The molecule has 6 nitrogen and oxygen atoms in total. The van der Waals surface area contributed by atoms with Gasteiger partial charge >= 0.3 is 12.1 Å². The first kappa shape index (κ1) is 13.0. The van der Waals surface area contributed by atoms with Gasteiger partial charge in [-0.15, -0.1) is 0 Å². The number of para-hydroxylation sites is 1. The minimum atomic E-state index is -1.18. The lowest BCUT2D eigenvalue weighted by molar-refractivity contribution is -0.159. The number of carbonyl (C=O) groups is 2. The molecule has 0 saturated carbocycles. The zero-order valence-corrected chi connectivity index (χ0v) is 9.33. The number of nitrogens with zero attached hydrogens (tertiary/aromatic N) is 1. The molecule has 0 bridgehead atoms. The van der Waals surface area contributed by atoms with Crippen LogP contribution in [-0.2, 0) is 9.63 Å². The Bertz CT molecular complexity index is 379. The molecule has 1 rings (SSSR count). The third kappa shape index (κ3) is 4.52. The average molecular weight is 239 g/mol. The van der Waals surface area contributed by atoms with Crippen molar-refractivity contribution in [3.63, 3.8) is 0 Å². The standard InChI is InChI=1S/C11H13NO5/c1-2-16-12(8-10(13)14)11(15)17-9-6-4-3-5-7-9/h3-7H,2,8H2,1H3,(H,13,14). The normalized spacial score (nSPS) is 9.71. The lowest BCUT2D eigenvalue weighted by Gasteiger charge is -2.18. The predicted octanol–water partition coefficient (Wildman–Crippen LogP) is 1.52. The molecule has 92 valence electrons. The number of carbonyl (C=O) groups excluding carboxylic acids is 1. The van der Waals surface area contributed by atoms with E-state index in [1.165, 1.54) is 0 Å². The lowest BCUT2D eigenvalue weighted by atomic mass is 10.3. The fourth-order valence-corrected chi connectivity index (χ4v) is 1.08. The Morgan fingerprint density at radius 1 is 1.29 bits per heavy atom. The summed E-state index contributed by atoms with van der Waals surface area (Å²) in [5.74, 6) is -0.851. The van der Waals surface area contributed by atoms with Crippen molar-refractivity contribution in [2.24, 2.45) is 0 Å². The van der Waals surface area contributed by atoms with Crippen molar-refractivity contribution < 1.29 is 24.3 Å². The molecular weight excluding hydrogens is 226 g/mol. The molecule has 0 aromatic heterocycles. The van der Waals surface area contributed by atoms with E-state index in [2.05, 4.69) is 0 Å². The third-order valence-electron chi connectivity index (χ3n) is 1.72. The fraction of sp³-hybridized carbons (Fsp3) is 0.273. The molecule has 1 aromatic rings. The number of hydroxylamine groups is 2. The van der Waals surface area contributed by atoms with Crippen LogP contribution in [-0.4, -0.2) is 35.4 Å². The topological polar surface area (TPSA) is 76.1 Å². The maximum atomic E-state index is 11.6. The summed E-state index contributed by atoms with van der Waals surface area (Å²) in [4.78, 5) is 26.9. The second kappa shape index (κ2) is 6.49. The van der Waals surface area contributed by atoms with E-state index >= 15 is 0 Å². The van der Waals surface area contributed by atoms with Crippen LogP contribution >= 0.6 is 0 Å². The van der Waals surface area contributed by atoms with E-state index in [0.29, 0.717) is 10.8 Å². The van der Waals surface area contributed by atoms with Gasteiger partial charge in [0.1, 0.15) is 12.3 Å². The van der Waals surface area contributed by atoms with Gasteiger partial charge in [0.2, 0.25) is 0 Å². The highest BCUT2D eigenvalue weighted by Gasteiger charge is 2.19. The average Bonchev–Trinajstić information content (AvgIpc) is 2.29. The number of carboxylic acids is 1. The number of ether oxygens (including phenoxy) is 1. The number of aliphatic carboxylic acids is 1. The zero-order valence-electron chi connectivity index (χ0n) is 9.33. The van der Waals surface area contributed by atoms with E-state index in [9.17, 15) is 9.59 Å². The minimum absolute atomic E-state index is 0.178.